The maximum Gasteiger partial charge on any atom is 0.493 e. The van der Waals surface area contributed by atoms with Gasteiger partial charge in [0.2, 0.25) is 0 Å². The van der Waals surface area contributed by atoms with Gasteiger partial charge < -0.3 is 14.6 Å². The first-order valence-electron chi connectivity index (χ1n) is 13.7. The number of thiazole rings is 1. The fourth-order valence-corrected chi connectivity index (χ4v) is 7.35. The topological polar surface area (TPSA) is 95.9 Å². The first-order valence-corrected chi connectivity index (χ1v) is 16.0. The predicted octanol–water partition coefficient (Wildman–Crippen LogP) is 6.17. The fraction of sp³-hybridized carbons (Fsp3) is 0.276. The highest BCUT2D eigenvalue weighted by molar-refractivity contribution is 7.92. The molecule has 5 rings (SSSR count). The minimum Gasteiger partial charge on any atom is -0.348 e. The molecule has 1 fully saturated rings. The Morgan fingerprint density at radius 2 is 1.62 bits per heavy atom. The molecule has 9 nitrogen and oxygen atoms in total. The Balaban J connectivity index is 1.69. The summed E-state index contributed by atoms with van der Waals surface area (Å²) in [5, 5.41) is 0.350. The Hall–Kier alpha value is -4.29. The molecule has 47 heavy (non-hydrogen) atoms. The Labute approximate surface area is 267 Å². The average Bonchev–Trinajstić information content (AvgIpc) is 3.46. The molecule has 2 aromatic carbocycles. The zero-order valence-electron chi connectivity index (χ0n) is 24.4. The molecule has 0 saturated carbocycles. The molecule has 0 atom stereocenters. The molecule has 1 aliphatic rings. The van der Waals surface area contributed by atoms with Crippen molar-refractivity contribution in [1.82, 2.24) is 14.9 Å². The largest absolute Gasteiger partial charge is 0.493 e. The van der Waals surface area contributed by atoms with E-state index in [1.165, 1.54) is 24.5 Å². The predicted molar refractivity (Wildman–Crippen MR) is 158 cm³/mol. The van der Waals surface area contributed by atoms with Crippen LogP contribution in [0.1, 0.15) is 12.8 Å². The number of halogens is 7. The maximum atomic E-state index is 16.5. The Bertz CT molecular complexity index is 1900. The van der Waals surface area contributed by atoms with Gasteiger partial charge in [-0.05, 0) is 75.0 Å². The van der Waals surface area contributed by atoms with Crippen LogP contribution < -0.4 is 9.37 Å². The number of benzene rings is 2. The molecule has 1 aliphatic heterocycles. The number of rotatable bonds is 8. The number of carbonyl (C=O) groups excluding carboxylic acids is 1. The van der Waals surface area contributed by atoms with Gasteiger partial charge in [0.25, 0.3) is 10.0 Å². The molecule has 2 aromatic heterocycles. The van der Waals surface area contributed by atoms with Gasteiger partial charge in [0, 0.05) is 31.5 Å². The average molecular weight is 704 g/mol. The molecule has 250 valence electrons. The summed E-state index contributed by atoms with van der Waals surface area (Å²) in [5.41, 5.74) is -2.37. The number of sulfonamides is 1. The molecule has 18 heteroatoms. The lowest BCUT2D eigenvalue weighted by Gasteiger charge is -2.35. The van der Waals surface area contributed by atoms with Crippen molar-refractivity contribution in [1.29, 1.82) is 0 Å². The van der Waals surface area contributed by atoms with Gasteiger partial charge >= 0.3 is 12.1 Å². The first-order chi connectivity index (χ1) is 22.1. The smallest absolute Gasteiger partial charge is 0.348 e. The summed E-state index contributed by atoms with van der Waals surface area (Å²) in [6, 6.07) is 5.16. The molecule has 0 bridgehead atoms. The second kappa shape index (κ2) is 13.1. The Morgan fingerprint density at radius 3 is 2.23 bits per heavy atom. The molecule has 0 amide bonds. The zero-order chi connectivity index (χ0) is 34.3. The molecule has 0 unspecified atom stereocenters. The fourth-order valence-electron chi connectivity index (χ4n) is 4.90. The van der Waals surface area contributed by atoms with Crippen LogP contribution in [0.15, 0.2) is 59.8 Å². The summed E-state index contributed by atoms with van der Waals surface area (Å²) in [6.07, 6.45) is -1.51. The molecular formula is C29H24F7N5O4S2. The van der Waals surface area contributed by atoms with E-state index in [0.29, 0.717) is 48.0 Å². The third-order valence-electron chi connectivity index (χ3n) is 7.31. The van der Waals surface area contributed by atoms with Gasteiger partial charge in [-0.3, -0.25) is 4.98 Å². The lowest BCUT2D eigenvalue weighted by Crippen LogP contribution is -2.41. The number of hydrogen-bond donors (Lipinski definition) is 0. The molecular weight excluding hydrogens is 679 g/mol. The minimum absolute atomic E-state index is 0.0924. The molecule has 0 N–H and O–H groups in total. The molecule has 0 aliphatic carbocycles. The second-order valence-corrected chi connectivity index (χ2v) is 13.2. The van der Waals surface area contributed by atoms with Gasteiger partial charge in [-0.25, -0.2) is 27.3 Å². The summed E-state index contributed by atoms with van der Waals surface area (Å²) in [5.74, 6) is -9.26. The van der Waals surface area contributed by atoms with Crippen LogP contribution in [0.3, 0.4) is 0 Å². The summed E-state index contributed by atoms with van der Waals surface area (Å²) in [7, 11) is -1.92. The molecule has 0 radical (unpaired) electrons. The Morgan fingerprint density at radius 1 is 0.979 bits per heavy atom. The normalized spacial score (nSPS) is 14.5. The molecule has 4 aromatic rings. The van der Waals surface area contributed by atoms with Crippen LogP contribution in [0.5, 0.6) is 0 Å². The molecule has 1 saturated heterocycles. The van der Waals surface area contributed by atoms with E-state index in [1.807, 2.05) is 19.0 Å². The van der Waals surface area contributed by atoms with Crippen molar-refractivity contribution in [2.75, 3.05) is 36.6 Å². The highest BCUT2D eigenvalue weighted by atomic mass is 32.2. The summed E-state index contributed by atoms with van der Waals surface area (Å²) >= 11 is 1.06. The minimum atomic E-state index is -5.81. The summed E-state index contributed by atoms with van der Waals surface area (Å²) in [6.45, 7) is 1.07. The number of nitrogens with zero attached hydrogens (tertiary/aromatic N) is 5. The number of pyridine rings is 1. The van der Waals surface area contributed by atoms with E-state index in [-0.39, 0.29) is 22.7 Å². The van der Waals surface area contributed by atoms with E-state index in [1.54, 1.807) is 0 Å². The highest BCUT2D eigenvalue weighted by Gasteiger charge is 2.46. The number of aromatic nitrogens is 2. The van der Waals surface area contributed by atoms with Crippen molar-refractivity contribution >= 4 is 38.1 Å². The van der Waals surface area contributed by atoms with Crippen LogP contribution in [0, 0.1) is 23.3 Å². The van der Waals surface area contributed by atoms with E-state index in [4.69, 9.17) is 0 Å². The van der Waals surface area contributed by atoms with Gasteiger partial charge in [-0.15, -0.1) is 0 Å². The van der Waals surface area contributed by atoms with Gasteiger partial charge in [0.05, 0.1) is 16.1 Å². The van der Waals surface area contributed by atoms with Crippen LogP contribution in [-0.4, -0.2) is 68.7 Å². The highest BCUT2D eigenvalue weighted by Crippen LogP contribution is 2.44. The zero-order valence-corrected chi connectivity index (χ0v) is 26.1. The van der Waals surface area contributed by atoms with Gasteiger partial charge in [0.1, 0.15) is 28.0 Å². The monoisotopic (exact) mass is 703 g/mol. The summed E-state index contributed by atoms with van der Waals surface area (Å²) < 4.78 is 126. The third-order valence-corrected chi connectivity index (χ3v) is 10.1. The number of piperidine rings is 1. The van der Waals surface area contributed by atoms with Gasteiger partial charge in [0.15, 0.2) is 10.9 Å². The number of alkyl halides is 3. The van der Waals surface area contributed by atoms with Gasteiger partial charge in [-0.2, -0.15) is 21.6 Å². The van der Waals surface area contributed by atoms with E-state index >= 15 is 8.78 Å². The van der Waals surface area contributed by atoms with Crippen molar-refractivity contribution in [3.63, 3.8) is 0 Å². The van der Waals surface area contributed by atoms with Crippen molar-refractivity contribution in [3.8, 4) is 21.7 Å². The van der Waals surface area contributed by atoms with E-state index in [9.17, 15) is 35.2 Å². The molecule has 0 spiro atoms. The third kappa shape index (κ3) is 6.89. The lowest BCUT2D eigenvalue weighted by atomic mass is 10.0. The molecule has 3 heterocycles. The van der Waals surface area contributed by atoms with Crippen LogP contribution in [0.25, 0.3) is 21.7 Å². The number of anilines is 2. The quantitative estimate of drug-likeness (QED) is 0.159. The first kappa shape index (κ1) is 34.1. The standard InChI is InChI=1S/C29H24F7N5O4S2/c1-39(2)18-9-13-40(14-10-18)28-38-25(26(46-28)16-7-11-37-12-8-16)23-20(32)5-6-21(24(23)33)41(45-27(42)29(34,35)36)47(43,44)22-15-17(30)3-4-19(22)31/h3-8,11-12,15,18H,9-10,13-14H2,1-2H3. The summed E-state index contributed by atoms with van der Waals surface area (Å²) in [4.78, 5) is 26.9. The van der Waals surface area contributed by atoms with E-state index in [2.05, 4.69) is 19.7 Å². The van der Waals surface area contributed by atoms with Crippen LogP contribution in [0.2, 0.25) is 0 Å². The second-order valence-electron chi connectivity index (χ2n) is 10.5. The van der Waals surface area contributed by atoms with Crippen molar-refractivity contribution in [2.45, 2.75) is 30.0 Å². The number of carbonyl (C=O) groups is 1. The van der Waals surface area contributed by atoms with Crippen LogP contribution >= 0.6 is 11.3 Å². The van der Waals surface area contributed by atoms with E-state index in [0.717, 1.165) is 24.2 Å². The maximum absolute atomic E-state index is 16.5. The van der Waals surface area contributed by atoms with Crippen molar-refractivity contribution in [2.24, 2.45) is 0 Å². The van der Waals surface area contributed by atoms with Crippen molar-refractivity contribution in [3.05, 3.63) is 78.1 Å². The SMILES string of the molecule is CN(C)C1CCN(c2nc(-c3c(F)ccc(N(OC(=O)C(F)(F)F)S(=O)(=O)c4cc(F)ccc4F)c3F)c(-c3ccncc3)s2)CC1. The van der Waals surface area contributed by atoms with Gasteiger partial charge in [-0.1, -0.05) is 15.8 Å². The van der Waals surface area contributed by atoms with E-state index < -0.39 is 66.1 Å². The lowest BCUT2D eigenvalue weighted by molar-refractivity contribution is -0.199. The van der Waals surface area contributed by atoms with Crippen LogP contribution in [0.4, 0.5) is 41.6 Å². The Kier molecular flexibility index (Phi) is 9.47. The number of hydrogen-bond acceptors (Lipinski definition) is 9. The van der Waals surface area contributed by atoms with Crippen LogP contribution in [-0.2, 0) is 19.7 Å². The van der Waals surface area contributed by atoms with Crippen molar-refractivity contribution < 1.29 is 48.8 Å².